The molecule has 1 saturated carbocycles. The van der Waals surface area contributed by atoms with E-state index >= 15 is 0 Å². The lowest BCUT2D eigenvalue weighted by atomic mass is 10.1. The molecular weight excluding hydrogens is 270 g/mol. The fraction of sp³-hybridized carbons (Fsp3) is 0.667. The van der Waals surface area contributed by atoms with Crippen molar-refractivity contribution >= 4 is 21.7 Å². The Balaban J connectivity index is 2.61. The Bertz CT molecular complexity index is 518. The number of rotatable bonds is 6. The summed E-state index contributed by atoms with van der Waals surface area (Å²) in [4.78, 5) is 22.7. The van der Waals surface area contributed by atoms with Crippen LogP contribution < -0.4 is 5.32 Å². The Morgan fingerprint density at radius 3 is 2.32 bits per heavy atom. The van der Waals surface area contributed by atoms with Crippen molar-refractivity contribution in [1.82, 2.24) is 5.32 Å². The minimum absolute atomic E-state index is 0.0643. The largest absolute Gasteiger partial charge is 0.477 e. The van der Waals surface area contributed by atoms with Crippen LogP contribution in [0.5, 0.6) is 0 Å². The molecule has 0 aliphatic heterocycles. The van der Waals surface area contributed by atoms with E-state index in [4.69, 9.17) is 5.11 Å². The van der Waals surface area contributed by atoms with Gasteiger partial charge in [-0.3, -0.25) is 4.79 Å². The molecule has 1 aliphatic rings. The first-order valence-electron chi connectivity index (χ1n) is 5.95. The number of allylic oxidation sites excluding steroid dienone is 1. The van der Waals surface area contributed by atoms with Crippen molar-refractivity contribution in [2.75, 3.05) is 12.0 Å². The standard InChI is InChI=1S/C12H19NO5S/c1-12(2)7-8(12)10(14)13-9(11(15)16)5-4-6-19(3,17)18/h5,8H,4,6-7H2,1-3H3,(H,13,14)(H,15,16)/b9-5-. The zero-order chi connectivity index (χ0) is 14.8. The van der Waals surface area contributed by atoms with Gasteiger partial charge in [-0.15, -0.1) is 0 Å². The maximum absolute atomic E-state index is 11.8. The molecule has 1 aliphatic carbocycles. The summed E-state index contributed by atoms with van der Waals surface area (Å²) in [5.41, 5.74) is -0.336. The number of sulfone groups is 1. The van der Waals surface area contributed by atoms with Crippen molar-refractivity contribution < 1.29 is 23.1 Å². The summed E-state index contributed by atoms with van der Waals surface area (Å²) in [7, 11) is -3.15. The van der Waals surface area contributed by atoms with Crippen LogP contribution in [0.1, 0.15) is 26.7 Å². The molecule has 1 amide bonds. The van der Waals surface area contributed by atoms with Crippen molar-refractivity contribution in [1.29, 1.82) is 0 Å². The molecule has 2 N–H and O–H groups in total. The van der Waals surface area contributed by atoms with Crippen molar-refractivity contribution in [3.05, 3.63) is 11.8 Å². The van der Waals surface area contributed by atoms with Gasteiger partial charge in [0, 0.05) is 12.2 Å². The number of carboxylic acid groups (broad SMARTS) is 1. The van der Waals surface area contributed by atoms with Crippen LogP contribution in [-0.2, 0) is 19.4 Å². The molecule has 0 bridgehead atoms. The lowest BCUT2D eigenvalue weighted by molar-refractivity contribution is -0.135. The third-order valence-corrected chi connectivity index (χ3v) is 4.13. The molecule has 0 saturated heterocycles. The van der Waals surface area contributed by atoms with Gasteiger partial charge in [-0.05, 0) is 18.3 Å². The minimum atomic E-state index is -3.15. The predicted octanol–water partition coefficient (Wildman–Crippen LogP) is 0.552. The maximum atomic E-state index is 11.8. The predicted molar refractivity (Wildman–Crippen MR) is 70.1 cm³/mol. The van der Waals surface area contributed by atoms with E-state index in [2.05, 4.69) is 5.32 Å². The van der Waals surface area contributed by atoms with Crippen molar-refractivity contribution in [2.45, 2.75) is 26.7 Å². The number of carbonyl (C=O) groups is 2. The summed E-state index contributed by atoms with van der Waals surface area (Å²) in [5, 5.41) is 11.3. The number of carbonyl (C=O) groups excluding carboxylic acids is 1. The monoisotopic (exact) mass is 289 g/mol. The number of hydrogen-bond donors (Lipinski definition) is 2. The summed E-state index contributed by atoms with van der Waals surface area (Å²) in [5.74, 6) is -1.90. The second kappa shape index (κ2) is 5.32. The third-order valence-electron chi connectivity index (χ3n) is 3.16. The van der Waals surface area contributed by atoms with Crippen LogP contribution in [0.3, 0.4) is 0 Å². The average molecular weight is 289 g/mol. The summed E-state index contributed by atoms with van der Waals surface area (Å²) in [6.45, 7) is 3.87. The van der Waals surface area contributed by atoms with E-state index in [1.54, 1.807) is 0 Å². The van der Waals surface area contributed by atoms with Crippen LogP contribution >= 0.6 is 0 Å². The van der Waals surface area contributed by atoms with E-state index in [-0.39, 0.29) is 35.1 Å². The van der Waals surface area contributed by atoms with Crippen LogP contribution in [0.2, 0.25) is 0 Å². The van der Waals surface area contributed by atoms with Gasteiger partial charge in [0.25, 0.3) is 0 Å². The van der Waals surface area contributed by atoms with Gasteiger partial charge < -0.3 is 10.4 Å². The fourth-order valence-electron chi connectivity index (χ4n) is 1.74. The Kier molecular flexibility index (Phi) is 4.39. The number of aliphatic carboxylic acids is 1. The minimum Gasteiger partial charge on any atom is -0.477 e. The van der Waals surface area contributed by atoms with Gasteiger partial charge in [0.2, 0.25) is 5.91 Å². The number of carboxylic acids is 1. The smallest absolute Gasteiger partial charge is 0.352 e. The van der Waals surface area contributed by atoms with Crippen LogP contribution in [-0.4, -0.2) is 37.4 Å². The second-order valence-corrected chi connectivity index (χ2v) is 7.84. The van der Waals surface area contributed by atoms with Crippen molar-refractivity contribution in [2.24, 2.45) is 11.3 Å². The zero-order valence-corrected chi connectivity index (χ0v) is 12.1. The molecule has 108 valence electrons. The van der Waals surface area contributed by atoms with E-state index in [0.29, 0.717) is 0 Å². The van der Waals surface area contributed by atoms with Gasteiger partial charge in [0.1, 0.15) is 15.5 Å². The molecule has 0 heterocycles. The first kappa shape index (κ1) is 15.7. The van der Waals surface area contributed by atoms with Crippen molar-refractivity contribution in [3.8, 4) is 0 Å². The summed E-state index contributed by atoms with van der Waals surface area (Å²) < 4.78 is 21.9. The molecule has 1 atom stereocenters. The molecule has 0 aromatic heterocycles. The summed E-state index contributed by atoms with van der Waals surface area (Å²) in [6.07, 6.45) is 3.10. The van der Waals surface area contributed by atoms with Crippen LogP contribution in [0.4, 0.5) is 0 Å². The normalized spacial score (nSPS) is 21.8. The highest BCUT2D eigenvalue weighted by Gasteiger charge is 2.50. The lowest BCUT2D eigenvalue weighted by Gasteiger charge is -2.07. The Labute approximate surface area is 112 Å². The Hall–Kier alpha value is -1.37. The molecule has 1 rings (SSSR count). The molecular formula is C12H19NO5S. The zero-order valence-electron chi connectivity index (χ0n) is 11.3. The topological polar surface area (TPSA) is 101 Å². The highest BCUT2D eigenvalue weighted by Crippen LogP contribution is 2.51. The first-order valence-corrected chi connectivity index (χ1v) is 8.01. The number of nitrogens with one attached hydrogen (secondary N) is 1. The van der Waals surface area contributed by atoms with Crippen molar-refractivity contribution in [3.63, 3.8) is 0 Å². The van der Waals surface area contributed by atoms with Gasteiger partial charge in [0.05, 0.1) is 5.75 Å². The molecule has 19 heavy (non-hydrogen) atoms. The quantitative estimate of drug-likeness (QED) is 0.695. The van der Waals surface area contributed by atoms with Gasteiger partial charge in [-0.25, -0.2) is 13.2 Å². The van der Waals surface area contributed by atoms with Gasteiger partial charge in [0.15, 0.2) is 0 Å². The Morgan fingerprint density at radius 1 is 1.42 bits per heavy atom. The lowest BCUT2D eigenvalue weighted by Crippen LogP contribution is -2.29. The highest BCUT2D eigenvalue weighted by atomic mass is 32.2. The van der Waals surface area contributed by atoms with Gasteiger partial charge >= 0.3 is 5.97 Å². The molecule has 6 nitrogen and oxygen atoms in total. The summed E-state index contributed by atoms with van der Waals surface area (Å²) >= 11 is 0. The SMILES string of the molecule is CC1(C)CC1C(=O)N/C(=C\CCS(C)(=O)=O)C(=O)O. The summed E-state index contributed by atoms with van der Waals surface area (Å²) in [6, 6.07) is 0. The first-order chi connectivity index (χ1) is 8.53. The average Bonchev–Trinajstić information content (AvgIpc) is 2.84. The van der Waals surface area contributed by atoms with Gasteiger partial charge in [-0.1, -0.05) is 19.9 Å². The third kappa shape index (κ3) is 5.02. The molecule has 0 radical (unpaired) electrons. The fourth-order valence-corrected chi connectivity index (χ4v) is 2.29. The molecule has 0 aromatic carbocycles. The molecule has 1 fully saturated rings. The van der Waals surface area contributed by atoms with E-state index in [9.17, 15) is 18.0 Å². The highest BCUT2D eigenvalue weighted by molar-refractivity contribution is 7.90. The maximum Gasteiger partial charge on any atom is 0.352 e. The molecule has 0 spiro atoms. The number of amides is 1. The second-order valence-electron chi connectivity index (χ2n) is 5.58. The van der Waals surface area contributed by atoms with E-state index in [1.165, 1.54) is 6.08 Å². The van der Waals surface area contributed by atoms with E-state index in [1.807, 2.05) is 13.8 Å². The van der Waals surface area contributed by atoms with E-state index in [0.717, 1.165) is 12.7 Å². The van der Waals surface area contributed by atoms with Crippen LogP contribution in [0, 0.1) is 11.3 Å². The molecule has 0 aromatic rings. The van der Waals surface area contributed by atoms with Crippen LogP contribution in [0.15, 0.2) is 11.8 Å². The number of hydrogen-bond acceptors (Lipinski definition) is 4. The van der Waals surface area contributed by atoms with E-state index < -0.39 is 15.8 Å². The van der Waals surface area contributed by atoms with Gasteiger partial charge in [-0.2, -0.15) is 0 Å². The molecule has 7 heteroatoms. The Morgan fingerprint density at radius 2 is 1.95 bits per heavy atom. The molecule has 1 unspecified atom stereocenters. The van der Waals surface area contributed by atoms with Crippen LogP contribution in [0.25, 0.3) is 0 Å².